The van der Waals surface area contributed by atoms with E-state index in [0.29, 0.717) is 19.5 Å². The van der Waals surface area contributed by atoms with Gasteiger partial charge in [-0.3, -0.25) is 9.59 Å². The highest BCUT2D eigenvalue weighted by molar-refractivity contribution is 6.00. The minimum absolute atomic E-state index is 0.139. The van der Waals surface area contributed by atoms with E-state index in [0.717, 1.165) is 19.4 Å². The highest BCUT2D eigenvalue weighted by Crippen LogP contribution is 2.15. The van der Waals surface area contributed by atoms with Gasteiger partial charge >= 0.3 is 0 Å². The van der Waals surface area contributed by atoms with E-state index in [1.54, 1.807) is 0 Å². The van der Waals surface area contributed by atoms with E-state index in [4.69, 9.17) is 0 Å². The minimum Gasteiger partial charge on any atom is -0.355 e. The van der Waals surface area contributed by atoms with Crippen molar-refractivity contribution in [2.75, 3.05) is 13.1 Å². The Hall–Kier alpha value is -2.30. The van der Waals surface area contributed by atoms with Gasteiger partial charge in [0.15, 0.2) is 0 Å². The zero-order valence-electron chi connectivity index (χ0n) is 12.5. The van der Waals surface area contributed by atoms with Gasteiger partial charge < -0.3 is 15.2 Å². The van der Waals surface area contributed by atoms with Crippen LogP contribution >= 0.6 is 0 Å². The number of rotatable bonds is 5. The van der Waals surface area contributed by atoms with Gasteiger partial charge in [0.25, 0.3) is 0 Å². The highest BCUT2D eigenvalue weighted by atomic mass is 16.2. The Morgan fingerprint density at radius 2 is 2.18 bits per heavy atom. The first-order chi connectivity index (χ1) is 10.8. The lowest BCUT2D eigenvalue weighted by atomic mass is 9.98. The van der Waals surface area contributed by atoms with Crippen LogP contribution in [0.25, 0.3) is 10.9 Å². The summed E-state index contributed by atoms with van der Waals surface area (Å²) in [4.78, 5) is 23.6. The number of aromatic nitrogens is 1. The van der Waals surface area contributed by atoms with Crippen LogP contribution in [-0.4, -0.2) is 29.5 Å². The molecule has 0 bridgehead atoms. The second-order valence-corrected chi connectivity index (χ2v) is 5.70. The number of nitrogens with zero attached hydrogens (tertiary/aromatic N) is 1. The summed E-state index contributed by atoms with van der Waals surface area (Å²) in [5, 5.41) is 6.85. The third-order valence-electron chi connectivity index (χ3n) is 4.16. The molecule has 2 aromatic rings. The number of carbonyl (C=O) groups is 2. The van der Waals surface area contributed by atoms with Crippen LogP contribution in [-0.2, 0) is 16.1 Å². The number of fused-ring (bicyclic) bond motifs is 1. The van der Waals surface area contributed by atoms with Gasteiger partial charge in [0, 0.05) is 31.3 Å². The largest absolute Gasteiger partial charge is 0.355 e. The van der Waals surface area contributed by atoms with Crippen molar-refractivity contribution < 1.29 is 9.59 Å². The molecule has 1 saturated heterocycles. The number of piperidine rings is 1. The van der Waals surface area contributed by atoms with E-state index in [1.807, 2.05) is 12.1 Å². The van der Waals surface area contributed by atoms with Crippen LogP contribution in [0.4, 0.5) is 0 Å². The number of hydrogen-bond acceptors (Lipinski definition) is 2. The topological polar surface area (TPSA) is 63.1 Å². The molecule has 3 rings (SSSR count). The van der Waals surface area contributed by atoms with Gasteiger partial charge in [-0.15, -0.1) is 0 Å². The molecule has 2 heterocycles. The van der Waals surface area contributed by atoms with E-state index in [-0.39, 0.29) is 11.8 Å². The maximum absolute atomic E-state index is 12.0. The Labute approximate surface area is 129 Å². The normalized spacial score (nSPS) is 18.2. The predicted octanol–water partition coefficient (Wildman–Crippen LogP) is 1.67. The van der Waals surface area contributed by atoms with Crippen LogP contribution < -0.4 is 10.6 Å². The minimum atomic E-state index is -0.513. The second kappa shape index (κ2) is 6.64. The molecule has 1 atom stereocenters. The smallest absolute Gasteiger partial charge is 0.232 e. The molecule has 1 aromatic heterocycles. The lowest BCUT2D eigenvalue weighted by molar-refractivity contribution is -0.136. The molecular weight excluding hydrogens is 278 g/mol. The molecule has 2 amide bonds. The van der Waals surface area contributed by atoms with Crippen molar-refractivity contribution in [1.29, 1.82) is 0 Å². The highest BCUT2D eigenvalue weighted by Gasteiger charge is 2.28. The molecule has 1 fully saturated rings. The molecule has 116 valence electrons. The van der Waals surface area contributed by atoms with Gasteiger partial charge in [-0.1, -0.05) is 18.2 Å². The fourth-order valence-electron chi connectivity index (χ4n) is 2.94. The van der Waals surface area contributed by atoms with Crippen LogP contribution in [0.15, 0.2) is 36.5 Å². The molecule has 0 spiro atoms. The summed E-state index contributed by atoms with van der Waals surface area (Å²) in [6.07, 6.45) is 4.44. The van der Waals surface area contributed by atoms with Crippen LogP contribution in [0.3, 0.4) is 0 Å². The molecular formula is C17H21N3O2. The van der Waals surface area contributed by atoms with Crippen LogP contribution in [0.1, 0.15) is 19.3 Å². The summed E-state index contributed by atoms with van der Waals surface area (Å²) in [5.41, 5.74) is 1.21. The van der Waals surface area contributed by atoms with E-state index < -0.39 is 5.92 Å². The van der Waals surface area contributed by atoms with Crippen molar-refractivity contribution in [1.82, 2.24) is 15.2 Å². The number of hydrogen-bond donors (Lipinski definition) is 2. The summed E-state index contributed by atoms with van der Waals surface area (Å²) >= 11 is 0. The first kappa shape index (κ1) is 14.6. The molecule has 0 saturated carbocycles. The molecule has 0 radical (unpaired) electrons. The lowest BCUT2D eigenvalue weighted by Crippen LogP contribution is -2.45. The van der Waals surface area contributed by atoms with E-state index in [9.17, 15) is 9.59 Å². The Morgan fingerprint density at radius 3 is 3.05 bits per heavy atom. The molecule has 1 aliphatic rings. The number of aryl methyl sites for hydroxylation is 1. The summed E-state index contributed by atoms with van der Waals surface area (Å²) in [7, 11) is 0. The fraction of sp³-hybridized carbons (Fsp3) is 0.412. The average Bonchev–Trinajstić information content (AvgIpc) is 2.95. The predicted molar refractivity (Wildman–Crippen MR) is 85.3 cm³/mol. The third kappa shape index (κ3) is 3.13. The molecule has 22 heavy (non-hydrogen) atoms. The molecule has 1 aromatic carbocycles. The molecule has 5 heteroatoms. The first-order valence-electron chi connectivity index (χ1n) is 7.85. The maximum atomic E-state index is 12.0. The lowest BCUT2D eigenvalue weighted by Gasteiger charge is -2.21. The summed E-state index contributed by atoms with van der Waals surface area (Å²) in [5.74, 6) is -0.795. The van der Waals surface area contributed by atoms with E-state index in [1.165, 1.54) is 10.9 Å². The van der Waals surface area contributed by atoms with Gasteiger partial charge in [-0.05, 0) is 36.8 Å². The fourth-order valence-corrected chi connectivity index (χ4v) is 2.94. The standard InChI is InChI=1S/C17H21N3O2/c21-16-14(6-3-9-18-16)17(22)19-10-4-11-20-12-8-13-5-1-2-7-15(13)20/h1-2,5,7-8,12,14H,3-4,6,9-11H2,(H,18,21)(H,19,22). The number of benzene rings is 1. The first-order valence-corrected chi connectivity index (χ1v) is 7.85. The zero-order valence-corrected chi connectivity index (χ0v) is 12.5. The number of nitrogens with one attached hydrogen (secondary N) is 2. The van der Waals surface area contributed by atoms with Gasteiger partial charge in [-0.25, -0.2) is 0 Å². The third-order valence-corrected chi connectivity index (χ3v) is 4.16. The quantitative estimate of drug-likeness (QED) is 0.651. The van der Waals surface area contributed by atoms with Crippen LogP contribution in [0.2, 0.25) is 0 Å². The molecule has 1 aliphatic heterocycles. The zero-order chi connectivity index (χ0) is 15.4. The SMILES string of the molecule is O=C1NCCCC1C(=O)NCCCn1ccc2ccccc21. The van der Waals surface area contributed by atoms with Crippen LogP contribution in [0, 0.1) is 5.92 Å². The monoisotopic (exact) mass is 299 g/mol. The Balaban J connectivity index is 1.47. The summed E-state index contributed by atoms with van der Waals surface area (Å²) in [6, 6.07) is 10.3. The van der Waals surface area contributed by atoms with Crippen molar-refractivity contribution in [2.45, 2.75) is 25.8 Å². The number of para-hydroxylation sites is 1. The van der Waals surface area contributed by atoms with Gasteiger partial charge in [0.05, 0.1) is 0 Å². The molecule has 0 aliphatic carbocycles. The van der Waals surface area contributed by atoms with E-state index in [2.05, 4.69) is 39.6 Å². The number of carbonyl (C=O) groups excluding carboxylic acids is 2. The molecule has 1 unspecified atom stereocenters. The van der Waals surface area contributed by atoms with E-state index >= 15 is 0 Å². The molecule has 2 N–H and O–H groups in total. The summed E-state index contributed by atoms with van der Waals surface area (Å²) in [6.45, 7) is 2.13. The van der Waals surface area contributed by atoms with Crippen molar-refractivity contribution in [3.63, 3.8) is 0 Å². The van der Waals surface area contributed by atoms with Crippen molar-refractivity contribution in [3.05, 3.63) is 36.5 Å². The van der Waals surface area contributed by atoms with Crippen molar-refractivity contribution in [3.8, 4) is 0 Å². The van der Waals surface area contributed by atoms with Gasteiger partial charge in [-0.2, -0.15) is 0 Å². The van der Waals surface area contributed by atoms with Crippen molar-refractivity contribution >= 4 is 22.7 Å². The average molecular weight is 299 g/mol. The summed E-state index contributed by atoms with van der Waals surface area (Å²) < 4.78 is 2.19. The second-order valence-electron chi connectivity index (χ2n) is 5.70. The molecule has 5 nitrogen and oxygen atoms in total. The Morgan fingerprint density at radius 1 is 1.32 bits per heavy atom. The maximum Gasteiger partial charge on any atom is 0.232 e. The number of amides is 2. The van der Waals surface area contributed by atoms with Crippen molar-refractivity contribution in [2.24, 2.45) is 5.92 Å². The van der Waals surface area contributed by atoms with Gasteiger partial charge in [0.2, 0.25) is 11.8 Å². The van der Waals surface area contributed by atoms with Gasteiger partial charge in [0.1, 0.15) is 5.92 Å². The van der Waals surface area contributed by atoms with Crippen LogP contribution in [0.5, 0.6) is 0 Å². The Bertz CT molecular complexity index is 677. The Kier molecular flexibility index (Phi) is 4.42.